The van der Waals surface area contributed by atoms with Crippen LogP contribution in [0.1, 0.15) is 20.7 Å². The highest BCUT2D eigenvalue weighted by Crippen LogP contribution is 2.25. The normalized spacial score (nSPS) is 12.9. The van der Waals surface area contributed by atoms with Crippen molar-refractivity contribution in [3.63, 3.8) is 0 Å². The fourth-order valence-electron chi connectivity index (χ4n) is 2.83. The van der Waals surface area contributed by atoms with Crippen LogP contribution in [-0.4, -0.2) is 51.8 Å². The van der Waals surface area contributed by atoms with Crippen LogP contribution in [0, 0.1) is 0 Å². The molecule has 0 unspecified atom stereocenters. The van der Waals surface area contributed by atoms with Crippen molar-refractivity contribution in [3.8, 4) is 11.5 Å². The molecule has 0 fully saturated rings. The summed E-state index contributed by atoms with van der Waals surface area (Å²) >= 11 is 6.88. The molecule has 10 heteroatoms. The molecular formula is C20H14ClN3O5S. The van der Waals surface area contributed by atoms with Crippen LogP contribution < -0.4 is 0 Å². The largest absolute Gasteiger partial charge is 0.463 e. The summed E-state index contributed by atoms with van der Waals surface area (Å²) in [6.07, 6.45) is 0. The van der Waals surface area contributed by atoms with Crippen LogP contribution in [0.2, 0.25) is 5.02 Å². The van der Waals surface area contributed by atoms with Gasteiger partial charge in [0.15, 0.2) is 0 Å². The van der Waals surface area contributed by atoms with Crippen LogP contribution >= 0.6 is 23.4 Å². The van der Waals surface area contributed by atoms with Crippen LogP contribution in [0.5, 0.6) is 0 Å². The van der Waals surface area contributed by atoms with Crippen molar-refractivity contribution in [1.29, 1.82) is 0 Å². The van der Waals surface area contributed by atoms with E-state index in [1.807, 2.05) is 0 Å². The molecule has 1 aliphatic rings. The number of rotatable bonds is 7. The molecule has 0 saturated heterocycles. The van der Waals surface area contributed by atoms with E-state index in [2.05, 4.69) is 10.2 Å². The number of ether oxygens (including phenoxy) is 1. The smallest absolute Gasteiger partial charge is 0.316 e. The minimum Gasteiger partial charge on any atom is -0.463 e. The van der Waals surface area contributed by atoms with Crippen LogP contribution in [0.25, 0.3) is 11.5 Å². The summed E-state index contributed by atoms with van der Waals surface area (Å²) in [5, 5.41) is 8.63. The second-order valence-corrected chi connectivity index (χ2v) is 7.56. The van der Waals surface area contributed by atoms with E-state index >= 15 is 0 Å². The molecule has 0 bridgehead atoms. The molecule has 0 atom stereocenters. The average Bonchev–Trinajstić information content (AvgIpc) is 3.32. The van der Waals surface area contributed by atoms with Gasteiger partial charge in [0.2, 0.25) is 5.89 Å². The molecule has 30 heavy (non-hydrogen) atoms. The molecule has 0 saturated carbocycles. The van der Waals surface area contributed by atoms with Crippen molar-refractivity contribution >= 4 is 41.1 Å². The topological polar surface area (TPSA) is 103 Å². The van der Waals surface area contributed by atoms with Crippen molar-refractivity contribution in [3.05, 3.63) is 64.7 Å². The second-order valence-electron chi connectivity index (χ2n) is 6.20. The van der Waals surface area contributed by atoms with Crippen LogP contribution in [0.3, 0.4) is 0 Å². The molecule has 152 valence electrons. The molecule has 2 heterocycles. The molecule has 1 aromatic heterocycles. The lowest BCUT2D eigenvalue weighted by molar-refractivity contribution is -0.140. The highest BCUT2D eigenvalue weighted by Gasteiger charge is 2.34. The van der Waals surface area contributed by atoms with Gasteiger partial charge in [-0.05, 0) is 36.4 Å². The minimum atomic E-state index is -0.525. The van der Waals surface area contributed by atoms with E-state index in [9.17, 15) is 14.4 Å². The molecule has 1 aliphatic heterocycles. The Kier molecular flexibility index (Phi) is 5.82. The molecule has 2 amide bonds. The van der Waals surface area contributed by atoms with Crippen molar-refractivity contribution in [2.45, 2.75) is 5.22 Å². The predicted octanol–water partition coefficient (Wildman–Crippen LogP) is 3.32. The van der Waals surface area contributed by atoms with Crippen molar-refractivity contribution in [1.82, 2.24) is 15.1 Å². The minimum absolute atomic E-state index is 0.00990. The SMILES string of the molecule is O=C(CSc1nnc(-c2ccc(Cl)cc2)o1)OCCN1C(=O)c2ccccc2C1=O. The Morgan fingerprint density at radius 1 is 1.03 bits per heavy atom. The van der Waals surface area contributed by atoms with E-state index in [0.29, 0.717) is 27.6 Å². The second kappa shape index (κ2) is 8.68. The Balaban J connectivity index is 1.24. The van der Waals surface area contributed by atoms with Crippen molar-refractivity contribution in [2.24, 2.45) is 0 Å². The Labute approximate surface area is 180 Å². The summed E-state index contributed by atoms with van der Waals surface area (Å²) in [4.78, 5) is 37.5. The molecule has 0 aliphatic carbocycles. The quantitative estimate of drug-likeness (QED) is 0.311. The molecule has 8 nitrogen and oxygen atoms in total. The van der Waals surface area contributed by atoms with Crippen LogP contribution in [0.15, 0.2) is 58.2 Å². The zero-order valence-corrected chi connectivity index (χ0v) is 17.0. The molecule has 2 aromatic carbocycles. The maximum atomic E-state index is 12.3. The first-order valence-electron chi connectivity index (χ1n) is 8.86. The number of carbonyl (C=O) groups excluding carboxylic acids is 3. The lowest BCUT2D eigenvalue weighted by Gasteiger charge is -2.13. The Morgan fingerprint density at radius 3 is 2.37 bits per heavy atom. The zero-order chi connectivity index (χ0) is 21.1. The van der Waals surface area contributed by atoms with Gasteiger partial charge in [-0.3, -0.25) is 19.3 Å². The molecule has 0 N–H and O–H groups in total. The first-order chi connectivity index (χ1) is 14.5. The van der Waals surface area contributed by atoms with Crippen LogP contribution in [0.4, 0.5) is 0 Å². The van der Waals surface area contributed by atoms with Gasteiger partial charge in [0.25, 0.3) is 17.0 Å². The summed E-state index contributed by atoms with van der Waals surface area (Å²) in [5.74, 6) is -1.04. The standard InChI is InChI=1S/C20H14ClN3O5S/c21-13-7-5-12(6-8-13)17-22-23-20(29-17)30-11-16(25)28-10-9-24-18(26)14-3-1-2-4-15(14)19(24)27/h1-8H,9-11H2. The van der Waals surface area contributed by atoms with E-state index in [0.717, 1.165) is 16.7 Å². The summed E-state index contributed by atoms with van der Waals surface area (Å²) in [6, 6.07) is 13.5. The van der Waals surface area contributed by atoms with Gasteiger partial charge in [0, 0.05) is 10.6 Å². The number of fused-ring (bicyclic) bond motifs is 1. The number of hydrogen-bond donors (Lipinski definition) is 0. The lowest BCUT2D eigenvalue weighted by Crippen LogP contribution is -2.33. The molecule has 4 rings (SSSR count). The number of imide groups is 1. The Hall–Kier alpha value is -3.17. The van der Waals surface area contributed by atoms with Crippen LogP contribution in [-0.2, 0) is 9.53 Å². The summed E-state index contributed by atoms with van der Waals surface area (Å²) in [5.41, 5.74) is 1.43. The number of thioether (sulfide) groups is 1. The van der Waals surface area contributed by atoms with Gasteiger partial charge < -0.3 is 9.15 Å². The molecule has 0 radical (unpaired) electrons. The summed E-state index contributed by atoms with van der Waals surface area (Å²) in [6.45, 7) is -0.102. The monoisotopic (exact) mass is 443 g/mol. The van der Waals surface area contributed by atoms with Gasteiger partial charge in [-0.15, -0.1) is 10.2 Å². The number of benzene rings is 2. The van der Waals surface area contributed by atoms with Gasteiger partial charge in [-0.2, -0.15) is 0 Å². The van der Waals surface area contributed by atoms with E-state index in [1.165, 1.54) is 0 Å². The fourth-order valence-corrected chi connectivity index (χ4v) is 3.52. The van der Waals surface area contributed by atoms with Gasteiger partial charge in [0.05, 0.1) is 17.7 Å². The van der Waals surface area contributed by atoms with Crippen molar-refractivity contribution in [2.75, 3.05) is 18.9 Å². The predicted molar refractivity (Wildman–Crippen MR) is 108 cm³/mol. The average molecular weight is 444 g/mol. The van der Waals surface area contributed by atoms with E-state index in [1.54, 1.807) is 48.5 Å². The van der Waals surface area contributed by atoms with Gasteiger partial charge in [-0.1, -0.05) is 35.5 Å². The Bertz CT molecular complexity index is 1080. The third kappa shape index (κ3) is 4.22. The number of aromatic nitrogens is 2. The number of hydrogen-bond acceptors (Lipinski definition) is 8. The number of carbonyl (C=O) groups is 3. The van der Waals surface area contributed by atoms with E-state index in [-0.39, 0.29) is 35.9 Å². The first kappa shape index (κ1) is 20.1. The number of nitrogens with zero attached hydrogens (tertiary/aromatic N) is 3. The summed E-state index contributed by atoms with van der Waals surface area (Å²) < 4.78 is 10.6. The maximum Gasteiger partial charge on any atom is 0.316 e. The molecular weight excluding hydrogens is 430 g/mol. The summed E-state index contributed by atoms with van der Waals surface area (Å²) in [7, 11) is 0. The highest BCUT2D eigenvalue weighted by atomic mass is 35.5. The number of esters is 1. The highest BCUT2D eigenvalue weighted by molar-refractivity contribution is 7.99. The molecule has 3 aromatic rings. The van der Waals surface area contributed by atoms with Gasteiger partial charge in [0.1, 0.15) is 12.4 Å². The molecule has 0 spiro atoms. The Morgan fingerprint density at radius 2 is 1.70 bits per heavy atom. The van der Waals surface area contributed by atoms with Gasteiger partial charge in [-0.25, -0.2) is 0 Å². The fraction of sp³-hybridized carbons (Fsp3) is 0.150. The maximum absolute atomic E-state index is 12.3. The van der Waals surface area contributed by atoms with E-state index in [4.69, 9.17) is 20.8 Å². The lowest BCUT2D eigenvalue weighted by atomic mass is 10.1. The third-order valence-electron chi connectivity index (χ3n) is 4.27. The van der Waals surface area contributed by atoms with Gasteiger partial charge >= 0.3 is 5.97 Å². The number of halogens is 1. The first-order valence-corrected chi connectivity index (χ1v) is 10.2. The van der Waals surface area contributed by atoms with E-state index < -0.39 is 5.97 Å². The zero-order valence-electron chi connectivity index (χ0n) is 15.4. The third-order valence-corrected chi connectivity index (χ3v) is 5.31. The van der Waals surface area contributed by atoms with Crippen molar-refractivity contribution < 1.29 is 23.5 Å². The number of amides is 2.